The van der Waals surface area contributed by atoms with Crippen LogP contribution >= 0.6 is 12.2 Å². The molecule has 1 aromatic carbocycles. The first kappa shape index (κ1) is 14.9. The normalized spacial score (nSPS) is 10.6. The molecule has 1 aromatic rings. The lowest BCUT2D eigenvalue weighted by atomic mass is 10.2. The van der Waals surface area contributed by atoms with E-state index in [1.807, 2.05) is 24.3 Å². The number of hydrogen-bond acceptors (Lipinski definition) is 3. The first-order chi connectivity index (χ1) is 8.63. The highest BCUT2D eigenvalue weighted by molar-refractivity contribution is 7.80. The lowest BCUT2D eigenvalue weighted by Gasteiger charge is -2.16. The van der Waals surface area contributed by atoms with E-state index in [9.17, 15) is 0 Å². The Hall–Kier alpha value is -1.13. The molecule has 0 saturated carbocycles. The minimum absolute atomic E-state index is 0.403. The predicted molar refractivity (Wildman–Crippen MR) is 80.2 cm³/mol. The van der Waals surface area contributed by atoms with Gasteiger partial charge in [0, 0.05) is 12.1 Å². The van der Waals surface area contributed by atoms with Crippen LogP contribution in [0, 0.1) is 0 Å². The predicted octanol–water partition coefficient (Wildman–Crippen LogP) is 2.43. The highest BCUT2D eigenvalue weighted by atomic mass is 32.1. The van der Waals surface area contributed by atoms with Crippen molar-refractivity contribution in [2.75, 3.05) is 26.7 Å². The number of hydrogen-bond donors (Lipinski definition) is 1. The van der Waals surface area contributed by atoms with Crippen molar-refractivity contribution in [2.45, 2.75) is 19.8 Å². The fourth-order valence-electron chi connectivity index (χ4n) is 1.60. The van der Waals surface area contributed by atoms with Gasteiger partial charge < -0.3 is 15.4 Å². The van der Waals surface area contributed by atoms with Gasteiger partial charge in [-0.25, -0.2) is 0 Å². The van der Waals surface area contributed by atoms with Gasteiger partial charge in [0.1, 0.15) is 17.3 Å². The van der Waals surface area contributed by atoms with Crippen molar-refractivity contribution in [3.63, 3.8) is 0 Å². The van der Waals surface area contributed by atoms with Gasteiger partial charge in [0.15, 0.2) is 0 Å². The second kappa shape index (κ2) is 8.06. The first-order valence-corrected chi connectivity index (χ1v) is 6.75. The van der Waals surface area contributed by atoms with Crippen molar-refractivity contribution >= 4 is 17.2 Å². The SMILES string of the molecule is CCCCN(C)CCOc1cccc(C(N)=S)c1. The molecule has 0 amide bonds. The van der Waals surface area contributed by atoms with Gasteiger partial charge in [-0.05, 0) is 32.1 Å². The van der Waals surface area contributed by atoms with E-state index in [-0.39, 0.29) is 0 Å². The molecule has 2 N–H and O–H groups in total. The van der Waals surface area contributed by atoms with Gasteiger partial charge in [0.2, 0.25) is 0 Å². The lowest BCUT2D eigenvalue weighted by molar-refractivity contribution is 0.235. The van der Waals surface area contributed by atoms with Crippen LogP contribution in [0.3, 0.4) is 0 Å². The maximum atomic E-state index is 5.69. The summed E-state index contributed by atoms with van der Waals surface area (Å²) < 4.78 is 5.69. The van der Waals surface area contributed by atoms with Crippen molar-refractivity contribution in [2.24, 2.45) is 5.73 Å². The Bertz CT molecular complexity index is 382. The van der Waals surface area contributed by atoms with Crippen molar-refractivity contribution < 1.29 is 4.74 Å². The Labute approximate surface area is 115 Å². The monoisotopic (exact) mass is 266 g/mol. The van der Waals surface area contributed by atoms with E-state index < -0.39 is 0 Å². The van der Waals surface area contributed by atoms with Crippen molar-refractivity contribution in [1.82, 2.24) is 4.90 Å². The number of nitrogens with two attached hydrogens (primary N) is 1. The Kier molecular flexibility index (Phi) is 6.68. The summed E-state index contributed by atoms with van der Waals surface area (Å²) in [6.45, 7) is 4.93. The Morgan fingerprint density at radius 3 is 2.83 bits per heavy atom. The zero-order valence-electron chi connectivity index (χ0n) is 11.2. The Morgan fingerprint density at radius 2 is 2.17 bits per heavy atom. The molecule has 3 nitrogen and oxygen atoms in total. The molecule has 0 aliphatic heterocycles. The van der Waals surface area contributed by atoms with Gasteiger partial charge in [-0.2, -0.15) is 0 Å². The zero-order chi connectivity index (χ0) is 13.4. The lowest BCUT2D eigenvalue weighted by Crippen LogP contribution is -2.25. The number of rotatable bonds is 8. The minimum Gasteiger partial charge on any atom is -0.492 e. The molecule has 0 aromatic heterocycles. The van der Waals surface area contributed by atoms with E-state index in [1.54, 1.807) is 0 Å². The van der Waals surface area contributed by atoms with Crippen LogP contribution in [0.5, 0.6) is 5.75 Å². The summed E-state index contributed by atoms with van der Waals surface area (Å²) in [6.07, 6.45) is 2.45. The summed E-state index contributed by atoms with van der Waals surface area (Å²) in [5, 5.41) is 0. The second-order valence-corrected chi connectivity index (χ2v) is 4.84. The third kappa shape index (κ3) is 5.47. The molecule has 0 unspecified atom stereocenters. The van der Waals surface area contributed by atoms with Crippen molar-refractivity contribution in [1.29, 1.82) is 0 Å². The van der Waals surface area contributed by atoms with Crippen LogP contribution in [0.4, 0.5) is 0 Å². The van der Waals surface area contributed by atoms with E-state index in [2.05, 4.69) is 18.9 Å². The molecular weight excluding hydrogens is 244 g/mol. The molecule has 0 aliphatic rings. The third-order valence-electron chi connectivity index (χ3n) is 2.75. The Morgan fingerprint density at radius 1 is 1.39 bits per heavy atom. The molecule has 0 atom stereocenters. The summed E-state index contributed by atoms with van der Waals surface area (Å²) in [5.41, 5.74) is 6.43. The maximum Gasteiger partial charge on any atom is 0.120 e. The van der Waals surface area contributed by atoms with E-state index >= 15 is 0 Å². The third-order valence-corrected chi connectivity index (χ3v) is 2.99. The average Bonchev–Trinajstić information content (AvgIpc) is 2.36. The van der Waals surface area contributed by atoms with Gasteiger partial charge in [-0.1, -0.05) is 37.7 Å². The maximum absolute atomic E-state index is 5.69. The van der Waals surface area contributed by atoms with Crippen LogP contribution in [0.2, 0.25) is 0 Å². The number of nitrogens with zero attached hydrogens (tertiary/aromatic N) is 1. The summed E-state index contributed by atoms with van der Waals surface area (Å²) in [6, 6.07) is 7.61. The smallest absolute Gasteiger partial charge is 0.120 e. The molecule has 1 rings (SSSR count). The fraction of sp³-hybridized carbons (Fsp3) is 0.500. The minimum atomic E-state index is 0.403. The summed E-state index contributed by atoms with van der Waals surface area (Å²) in [7, 11) is 2.12. The van der Waals surface area contributed by atoms with Gasteiger partial charge in [-0.3, -0.25) is 0 Å². The van der Waals surface area contributed by atoms with Crippen LogP contribution in [-0.4, -0.2) is 36.6 Å². The summed E-state index contributed by atoms with van der Waals surface area (Å²) >= 11 is 4.94. The highest BCUT2D eigenvalue weighted by Crippen LogP contribution is 2.13. The van der Waals surface area contributed by atoms with Gasteiger partial charge in [-0.15, -0.1) is 0 Å². The van der Waals surface area contributed by atoms with Crippen molar-refractivity contribution in [3.05, 3.63) is 29.8 Å². The molecule has 0 aliphatic carbocycles. The number of thiocarbonyl (C=S) groups is 1. The molecule has 100 valence electrons. The number of unbranched alkanes of at least 4 members (excludes halogenated alkanes) is 1. The molecule has 0 spiro atoms. The average molecular weight is 266 g/mol. The van der Waals surface area contributed by atoms with E-state index in [4.69, 9.17) is 22.7 Å². The Balaban J connectivity index is 2.35. The molecular formula is C14H22N2OS. The molecule has 0 radical (unpaired) electrons. The van der Waals surface area contributed by atoms with Crippen LogP contribution in [0.25, 0.3) is 0 Å². The molecule has 18 heavy (non-hydrogen) atoms. The van der Waals surface area contributed by atoms with E-state index in [0.717, 1.165) is 24.4 Å². The van der Waals surface area contributed by atoms with E-state index in [1.165, 1.54) is 12.8 Å². The zero-order valence-corrected chi connectivity index (χ0v) is 12.0. The largest absolute Gasteiger partial charge is 0.492 e. The van der Waals surface area contributed by atoms with Crippen LogP contribution < -0.4 is 10.5 Å². The fourth-order valence-corrected chi connectivity index (χ4v) is 1.73. The highest BCUT2D eigenvalue weighted by Gasteiger charge is 2.01. The topological polar surface area (TPSA) is 38.5 Å². The quantitative estimate of drug-likeness (QED) is 0.734. The molecule has 0 fully saturated rings. The van der Waals surface area contributed by atoms with Crippen LogP contribution in [0.1, 0.15) is 25.3 Å². The number of ether oxygens (including phenoxy) is 1. The van der Waals surface area contributed by atoms with Crippen LogP contribution in [-0.2, 0) is 0 Å². The van der Waals surface area contributed by atoms with E-state index in [0.29, 0.717) is 11.6 Å². The first-order valence-electron chi connectivity index (χ1n) is 6.34. The standard InChI is InChI=1S/C14H22N2OS/c1-3-4-8-16(2)9-10-17-13-7-5-6-12(11-13)14(15)18/h5-7,11H,3-4,8-10H2,1-2H3,(H2,15,18). The van der Waals surface area contributed by atoms with Crippen LogP contribution in [0.15, 0.2) is 24.3 Å². The molecule has 4 heteroatoms. The molecule has 0 heterocycles. The number of benzene rings is 1. The summed E-state index contributed by atoms with van der Waals surface area (Å²) in [4.78, 5) is 2.68. The second-order valence-electron chi connectivity index (χ2n) is 4.40. The molecule has 0 bridgehead atoms. The van der Waals surface area contributed by atoms with Gasteiger partial charge >= 0.3 is 0 Å². The van der Waals surface area contributed by atoms with Gasteiger partial charge in [0.25, 0.3) is 0 Å². The number of likely N-dealkylation sites (N-methyl/N-ethyl adjacent to an activating group) is 1. The summed E-state index contributed by atoms with van der Waals surface area (Å²) in [5.74, 6) is 0.823. The van der Waals surface area contributed by atoms with Gasteiger partial charge in [0.05, 0.1) is 0 Å². The molecule has 0 saturated heterocycles. The van der Waals surface area contributed by atoms with Crippen molar-refractivity contribution in [3.8, 4) is 5.75 Å².